The lowest BCUT2D eigenvalue weighted by molar-refractivity contribution is 0.413. The van der Waals surface area contributed by atoms with Crippen LogP contribution in [-0.2, 0) is 0 Å². The smallest absolute Gasteiger partial charge is 0.128 e. The largest absolute Gasteiger partial charge is 0.496 e. The molecule has 1 heterocycles. The molecule has 1 aliphatic carbocycles. The third kappa shape index (κ3) is 3.70. The topological polar surface area (TPSA) is 33.6 Å². The first kappa shape index (κ1) is 15.1. The molecule has 0 aromatic heterocycles. The monoisotopic (exact) mass is 298 g/mol. The summed E-state index contributed by atoms with van der Waals surface area (Å²) in [6, 6.07) is 8.68. The number of aliphatic imine (C=N–C) groups is 1. The maximum absolute atomic E-state index is 5.55. The Morgan fingerprint density at radius 3 is 2.73 bits per heavy atom. The molecule has 1 aromatic rings. The van der Waals surface area contributed by atoms with Crippen LogP contribution in [-0.4, -0.2) is 25.4 Å². The SMILES string of the molecule is COc1ccccc1C(/C=C1/CCCN1)=N/C1CCCCC1. The van der Waals surface area contributed by atoms with Crippen molar-refractivity contribution in [1.82, 2.24) is 5.32 Å². The maximum Gasteiger partial charge on any atom is 0.128 e. The zero-order chi connectivity index (χ0) is 15.2. The van der Waals surface area contributed by atoms with Crippen molar-refractivity contribution in [3.05, 3.63) is 41.6 Å². The number of para-hydroxylation sites is 1. The summed E-state index contributed by atoms with van der Waals surface area (Å²) in [5, 5.41) is 3.47. The lowest BCUT2D eigenvalue weighted by atomic mass is 9.95. The molecule has 0 radical (unpaired) electrons. The van der Waals surface area contributed by atoms with Gasteiger partial charge in [0.15, 0.2) is 0 Å². The summed E-state index contributed by atoms with van der Waals surface area (Å²) < 4.78 is 5.55. The van der Waals surface area contributed by atoms with Crippen LogP contribution in [0.3, 0.4) is 0 Å². The molecule has 0 atom stereocenters. The minimum Gasteiger partial charge on any atom is -0.496 e. The molecular formula is C19H26N2O. The number of rotatable bonds is 4. The Balaban J connectivity index is 1.94. The van der Waals surface area contributed by atoms with Crippen LogP contribution in [0.5, 0.6) is 5.75 Å². The highest BCUT2D eigenvalue weighted by Crippen LogP contribution is 2.25. The average molecular weight is 298 g/mol. The van der Waals surface area contributed by atoms with Crippen molar-refractivity contribution in [2.75, 3.05) is 13.7 Å². The fourth-order valence-electron chi connectivity index (χ4n) is 3.35. The van der Waals surface area contributed by atoms with Gasteiger partial charge < -0.3 is 10.1 Å². The highest BCUT2D eigenvalue weighted by molar-refractivity contribution is 6.11. The second-order valence-electron chi connectivity index (χ2n) is 6.21. The molecule has 1 aliphatic heterocycles. The number of nitrogens with zero attached hydrogens (tertiary/aromatic N) is 1. The molecule has 0 unspecified atom stereocenters. The number of hydrogen-bond acceptors (Lipinski definition) is 3. The van der Waals surface area contributed by atoms with Gasteiger partial charge in [0.05, 0.1) is 18.9 Å². The Morgan fingerprint density at radius 1 is 1.18 bits per heavy atom. The van der Waals surface area contributed by atoms with Crippen molar-refractivity contribution in [3.63, 3.8) is 0 Å². The van der Waals surface area contributed by atoms with Gasteiger partial charge in [-0.3, -0.25) is 4.99 Å². The van der Waals surface area contributed by atoms with E-state index in [1.165, 1.54) is 44.2 Å². The van der Waals surface area contributed by atoms with Crippen LogP contribution in [0, 0.1) is 0 Å². The summed E-state index contributed by atoms with van der Waals surface area (Å²) >= 11 is 0. The molecule has 2 aliphatic rings. The van der Waals surface area contributed by atoms with Gasteiger partial charge >= 0.3 is 0 Å². The van der Waals surface area contributed by atoms with Crippen LogP contribution in [0.4, 0.5) is 0 Å². The van der Waals surface area contributed by atoms with Crippen LogP contribution >= 0.6 is 0 Å². The zero-order valence-corrected chi connectivity index (χ0v) is 13.5. The lowest BCUT2D eigenvalue weighted by Gasteiger charge is -2.19. The third-order valence-electron chi connectivity index (χ3n) is 4.57. The van der Waals surface area contributed by atoms with E-state index < -0.39 is 0 Å². The predicted molar refractivity (Wildman–Crippen MR) is 91.7 cm³/mol. The summed E-state index contributed by atoms with van der Waals surface area (Å²) in [5.74, 6) is 0.909. The van der Waals surface area contributed by atoms with Crippen LogP contribution in [0.15, 0.2) is 41.0 Å². The first-order chi connectivity index (χ1) is 10.9. The van der Waals surface area contributed by atoms with Gasteiger partial charge in [0.2, 0.25) is 0 Å². The molecule has 3 rings (SSSR count). The molecule has 3 heteroatoms. The van der Waals surface area contributed by atoms with E-state index in [9.17, 15) is 0 Å². The standard InChI is InChI=1S/C19H26N2O/c1-22-19-12-6-5-11-17(19)18(14-16-10-7-13-20-16)21-15-8-3-2-4-9-15/h5-6,11-12,14-15,20H,2-4,7-10,13H2,1H3/b16-14-,21-18+. The number of nitrogens with one attached hydrogen (secondary N) is 1. The van der Waals surface area contributed by atoms with E-state index in [0.717, 1.165) is 30.0 Å². The molecule has 0 amide bonds. The highest BCUT2D eigenvalue weighted by atomic mass is 16.5. The fourth-order valence-corrected chi connectivity index (χ4v) is 3.35. The molecule has 118 valence electrons. The molecule has 0 bridgehead atoms. The molecule has 1 saturated heterocycles. The normalized spacial score (nSPS) is 21.9. The molecule has 0 spiro atoms. The van der Waals surface area contributed by atoms with Crippen molar-refractivity contribution in [2.45, 2.75) is 51.0 Å². The first-order valence-corrected chi connectivity index (χ1v) is 8.52. The van der Waals surface area contributed by atoms with Crippen molar-refractivity contribution in [2.24, 2.45) is 4.99 Å². The van der Waals surface area contributed by atoms with E-state index in [4.69, 9.17) is 9.73 Å². The molecule has 22 heavy (non-hydrogen) atoms. The van der Waals surface area contributed by atoms with Gasteiger partial charge in [0.25, 0.3) is 0 Å². The zero-order valence-electron chi connectivity index (χ0n) is 13.5. The van der Waals surface area contributed by atoms with Gasteiger partial charge in [-0.05, 0) is 43.9 Å². The van der Waals surface area contributed by atoms with Crippen molar-refractivity contribution in [3.8, 4) is 5.75 Å². The van der Waals surface area contributed by atoms with E-state index in [0.29, 0.717) is 6.04 Å². The number of benzene rings is 1. The summed E-state index contributed by atoms with van der Waals surface area (Å²) in [4.78, 5) is 5.10. The molecule has 1 saturated carbocycles. The van der Waals surface area contributed by atoms with Crippen molar-refractivity contribution in [1.29, 1.82) is 0 Å². The van der Waals surface area contributed by atoms with Gasteiger partial charge in [-0.2, -0.15) is 0 Å². The summed E-state index contributed by atoms with van der Waals surface area (Å²) in [6.45, 7) is 1.08. The molecule has 3 nitrogen and oxygen atoms in total. The lowest BCUT2D eigenvalue weighted by Crippen LogP contribution is -2.14. The van der Waals surface area contributed by atoms with Crippen LogP contribution < -0.4 is 10.1 Å². The summed E-state index contributed by atoms with van der Waals surface area (Å²) in [7, 11) is 1.73. The number of allylic oxidation sites excluding steroid dienone is 2. The van der Waals surface area contributed by atoms with Crippen LogP contribution in [0.2, 0.25) is 0 Å². The Kier molecular flexibility index (Phi) is 5.15. The number of ether oxygens (including phenoxy) is 1. The van der Waals surface area contributed by atoms with Gasteiger partial charge in [-0.1, -0.05) is 31.4 Å². The summed E-state index contributed by atoms with van der Waals surface area (Å²) in [5.41, 5.74) is 3.49. The number of methoxy groups -OCH3 is 1. The van der Waals surface area contributed by atoms with Crippen LogP contribution in [0.25, 0.3) is 0 Å². The van der Waals surface area contributed by atoms with Gasteiger partial charge in [-0.15, -0.1) is 0 Å². The summed E-state index contributed by atoms with van der Waals surface area (Å²) in [6.07, 6.45) is 11.0. The molecule has 2 fully saturated rings. The first-order valence-electron chi connectivity index (χ1n) is 8.52. The van der Waals surface area contributed by atoms with Gasteiger partial charge in [0, 0.05) is 17.8 Å². The fraction of sp³-hybridized carbons (Fsp3) is 0.526. The van der Waals surface area contributed by atoms with Gasteiger partial charge in [0.1, 0.15) is 5.75 Å². The molecule has 1 aromatic carbocycles. The highest BCUT2D eigenvalue weighted by Gasteiger charge is 2.16. The van der Waals surface area contributed by atoms with Gasteiger partial charge in [-0.25, -0.2) is 0 Å². The van der Waals surface area contributed by atoms with E-state index in [1.807, 2.05) is 12.1 Å². The molecule has 1 N–H and O–H groups in total. The second-order valence-corrected chi connectivity index (χ2v) is 6.21. The Hall–Kier alpha value is -1.77. The quantitative estimate of drug-likeness (QED) is 0.850. The Morgan fingerprint density at radius 2 is 2.00 bits per heavy atom. The van der Waals surface area contributed by atoms with Crippen molar-refractivity contribution >= 4 is 5.71 Å². The second kappa shape index (κ2) is 7.48. The average Bonchev–Trinajstić information content (AvgIpc) is 3.08. The van der Waals surface area contributed by atoms with Crippen molar-refractivity contribution < 1.29 is 4.74 Å². The minimum absolute atomic E-state index is 0.465. The third-order valence-corrected chi connectivity index (χ3v) is 4.57. The number of hydrogen-bond donors (Lipinski definition) is 1. The predicted octanol–water partition coefficient (Wildman–Crippen LogP) is 4.08. The Bertz CT molecular complexity index is 548. The van der Waals surface area contributed by atoms with E-state index in [2.05, 4.69) is 23.5 Å². The van der Waals surface area contributed by atoms with Crippen LogP contribution in [0.1, 0.15) is 50.5 Å². The van der Waals surface area contributed by atoms with E-state index in [1.54, 1.807) is 7.11 Å². The minimum atomic E-state index is 0.465. The maximum atomic E-state index is 5.55. The van der Waals surface area contributed by atoms with E-state index >= 15 is 0 Å². The Labute approximate surface area is 133 Å². The van der Waals surface area contributed by atoms with E-state index in [-0.39, 0.29) is 0 Å². The molecular weight excluding hydrogens is 272 g/mol.